The quantitative estimate of drug-likeness (QED) is 0.656. The summed E-state index contributed by atoms with van der Waals surface area (Å²) < 4.78 is 10.4. The second-order valence-corrected chi connectivity index (χ2v) is 4.09. The maximum absolute atomic E-state index is 11.0. The fourth-order valence-corrected chi connectivity index (χ4v) is 1.66. The van der Waals surface area contributed by atoms with Crippen LogP contribution in [-0.2, 0) is 0 Å². The highest BCUT2D eigenvalue weighted by Gasteiger charge is 2.23. The molecule has 1 atom stereocenters. The van der Waals surface area contributed by atoms with Gasteiger partial charge in [0, 0.05) is 6.07 Å². The van der Waals surface area contributed by atoms with E-state index in [4.69, 9.17) is 15.0 Å². The SMILES string of the molecule is CCOc1c(-c2nc(C(C)N)no2)cccc1[N+](=O)[O-]. The zero-order valence-electron chi connectivity index (χ0n) is 11.1. The summed E-state index contributed by atoms with van der Waals surface area (Å²) in [5.41, 5.74) is 5.88. The van der Waals surface area contributed by atoms with Crippen LogP contribution in [0.3, 0.4) is 0 Å². The monoisotopic (exact) mass is 278 g/mol. The summed E-state index contributed by atoms with van der Waals surface area (Å²) in [6.45, 7) is 3.74. The van der Waals surface area contributed by atoms with Gasteiger partial charge in [0.15, 0.2) is 5.82 Å². The third-order valence-corrected chi connectivity index (χ3v) is 2.56. The molecule has 20 heavy (non-hydrogen) atoms. The maximum Gasteiger partial charge on any atom is 0.311 e. The molecule has 1 aromatic carbocycles. The zero-order chi connectivity index (χ0) is 14.7. The van der Waals surface area contributed by atoms with Crippen molar-refractivity contribution in [2.75, 3.05) is 6.61 Å². The Kier molecular flexibility index (Phi) is 3.94. The molecule has 2 N–H and O–H groups in total. The number of hydrogen-bond acceptors (Lipinski definition) is 7. The highest BCUT2D eigenvalue weighted by atomic mass is 16.6. The molecular weight excluding hydrogens is 264 g/mol. The molecule has 1 heterocycles. The molecule has 0 radical (unpaired) electrons. The smallest absolute Gasteiger partial charge is 0.311 e. The van der Waals surface area contributed by atoms with Crippen LogP contribution in [0, 0.1) is 10.1 Å². The van der Waals surface area contributed by atoms with Crippen molar-refractivity contribution in [2.24, 2.45) is 5.73 Å². The third-order valence-electron chi connectivity index (χ3n) is 2.56. The van der Waals surface area contributed by atoms with Gasteiger partial charge in [0.2, 0.25) is 5.75 Å². The topological polar surface area (TPSA) is 117 Å². The first kappa shape index (κ1) is 13.9. The number of nitro benzene ring substituents is 1. The number of hydrogen-bond donors (Lipinski definition) is 1. The first-order valence-corrected chi connectivity index (χ1v) is 6.04. The Hall–Kier alpha value is -2.48. The number of ether oxygens (including phenoxy) is 1. The number of nitrogens with two attached hydrogens (primary N) is 1. The number of rotatable bonds is 5. The number of aromatic nitrogens is 2. The summed E-state index contributed by atoms with van der Waals surface area (Å²) in [6.07, 6.45) is 0. The molecule has 8 heteroatoms. The molecule has 1 aromatic heterocycles. The van der Waals surface area contributed by atoms with Gasteiger partial charge in [-0.3, -0.25) is 10.1 Å². The average Bonchev–Trinajstić information content (AvgIpc) is 2.88. The molecule has 0 saturated carbocycles. The van der Waals surface area contributed by atoms with Gasteiger partial charge < -0.3 is 15.0 Å². The number of nitrogens with zero attached hydrogens (tertiary/aromatic N) is 3. The van der Waals surface area contributed by atoms with Crippen LogP contribution < -0.4 is 10.5 Å². The first-order chi connectivity index (χ1) is 9.54. The van der Waals surface area contributed by atoms with Crippen LogP contribution in [0.5, 0.6) is 5.75 Å². The van der Waals surface area contributed by atoms with Crippen molar-refractivity contribution in [3.8, 4) is 17.2 Å². The lowest BCUT2D eigenvalue weighted by molar-refractivity contribution is -0.385. The Labute approximate surface area is 114 Å². The summed E-state index contributed by atoms with van der Waals surface area (Å²) >= 11 is 0. The number of benzene rings is 1. The van der Waals surface area contributed by atoms with E-state index in [1.165, 1.54) is 12.1 Å². The van der Waals surface area contributed by atoms with Crippen LogP contribution in [0.15, 0.2) is 22.7 Å². The van der Waals surface area contributed by atoms with Crippen molar-refractivity contribution in [3.05, 3.63) is 34.1 Å². The summed E-state index contributed by atoms with van der Waals surface area (Å²) in [4.78, 5) is 14.6. The van der Waals surface area contributed by atoms with Crippen LogP contribution >= 0.6 is 0 Å². The fourth-order valence-electron chi connectivity index (χ4n) is 1.66. The normalized spacial score (nSPS) is 12.2. The molecule has 106 valence electrons. The van der Waals surface area contributed by atoms with Gasteiger partial charge in [-0.15, -0.1) is 0 Å². The lowest BCUT2D eigenvalue weighted by Gasteiger charge is -2.07. The zero-order valence-corrected chi connectivity index (χ0v) is 11.1. The summed E-state index contributed by atoms with van der Waals surface area (Å²) in [6, 6.07) is 4.13. The lowest BCUT2D eigenvalue weighted by atomic mass is 10.1. The van der Waals surface area contributed by atoms with Crippen molar-refractivity contribution in [3.63, 3.8) is 0 Å². The molecule has 1 unspecified atom stereocenters. The van der Waals surface area contributed by atoms with Gasteiger partial charge in [-0.25, -0.2) is 0 Å². The van der Waals surface area contributed by atoms with E-state index in [9.17, 15) is 10.1 Å². The molecule has 0 bridgehead atoms. The third kappa shape index (κ3) is 2.59. The van der Waals surface area contributed by atoms with Gasteiger partial charge >= 0.3 is 5.69 Å². The minimum Gasteiger partial charge on any atom is -0.487 e. The van der Waals surface area contributed by atoms with Crippen molar-refractivity contribution in [1.29, 1.82) is 0 Å². The van der Waals surface area contributed by atoms with Crippen molar-refractivity contribution in [1.82, 2.24) is 10.1 Å². The van der Waals surface area contributed by atoms with Crippen LogP contribution in [0.2, 0.25) is 0 Å². The molecule has 0 amide bonds. The van der Waals surface area contributed by atoms with E-state index in [1.54, 1.807) is 19.9 Å². The van der Waals surface area contributed by atoms with Gasteiger partial charge in [-0.2, -0.15) is 4.98 Å². The largest absolute Gasteiger partial charge is 0.487 e. The molecule has 2 aromatic rings. The van der Waals surface area contributed by atoms with E-state index in [2.05, 4.69) is 10.1 Å². The van der Waals surface area contributed by atoms with E-state index in [-0.39, 0.29) is 30.0 Å². The number of nitro groups is 1. The van der Waals surface area contributed by atoms with E-state index in [0.29, 0.717) is 11.4 Å². The van der Waals surface area contributed by atoms with Crippen LogP contribution in [0.25, 0.3) is 11.5 Å². The lowest BCUT2D eigenvalue weighted by Crippen LogP contribution is -2.06. The molecule has 0 aliphatic heterocycles. The van der Waals surface area contributed by atoms with E-state index < -0.39 is 4.92 Å². The highest BCUT2D eigenvalue weighted by molar-refractivity contribution is 5.70. The Balaban J connectivity index is 2.54. The Morgan fingerprint density at radius 1 is 1.55 bits per heavy atom. The molecule has 0 aliphatic carbocycles. The molecule has 0 fully saturated rings. The van der Waals surface area contributed by atoms with Crippen molar-refractivity contribution >= 4 is 5.69 Å². The fraction of sp³-hybridized carbons (Fsp3) is 0.333. The number of para-hydroxylation sites is 1. The predicted molar refractivity (Wildman–Crippen MR) is 70.2 cm³/mol. The van der Waals surface area contributed by atoms with Crippen LogP contribution in [0.4, 0.5) is 5.69 Å². The molecule has 8 nitrogen and oxygen atoms in total. The van der Waals surface area contributed by atoms with Gasteiger partial charge in [0.25, 0.3) is 5.89 Å². The minimum atomic E-state index is -0.517. The Bertz CT molecular complexity index is 624. The minimum absolute atomic E-state index is 0.111. The van der Waals surface area contributed by atoms with Gasteiger partial charge in [-0.05, 0) is 19.9 Å². The summed E-state index contributed by atoms with van der Waals surface area (Å²) in [7, 11) is 0. The van der Waals surface area contributed by atoms with E-state index in [0.717, 1.165) is 0 Å². The van der Waals surface area contributed by atoms with Gasteiger partial charge in [-0.1, -0.05) is 11.2 Å². The van der Waals surface area contributed by atoms with E-state index in [1.807, 2.05) is 0 Å². The van der Waals surface area contributed by atoms with E-state index >= 15 is 0 Å². The summed E-state index contributed by atoms with van der Waals surface area (Å²) in [5.74, 6) is 0.582. The predicted octanol–water partition coefficient (Wildman–Crippen LogP) is 2.06. The standard InChI is InChI=1S/C12H14N4O4/c1-3-19-10-8(5-4-6-9(10)16(17)18)12-14-11(7(2)13)15-20-12/h4-7H,3,13H2,1-2H3. The molecule has 0 saturated heterocycles. The second kappa shape index (κ2) is 5.66. The first-order valence-electron chi connectivity index (χ1n) is 6.04. The molecule has 2 rings (SSSR count). The van der Waals surface area contributed by atoms with Crippen LogP contribution in [-0.4, -0.2) is 21.7 Å². The molecular formula is C12H14N4O4. The van der Waals surface area contributed by atoms with Gasteiger partial charge in [0.1, 0.15) is 0 Å². The highest BCUT2D eigenvalue weighted by Crippen LogP contribution is 2.37. The summed E-state index contributed by atoms with van der Waals surface area (Å²) in [5, 5.41) is 14.8. The van der Waals surface area contributed by atoms with Gasteiger partial charge in [0.05, 0.1) is 23.1 Å². The molecule has 0 spiro atoms. The van der Waals surface area contributed by atoms with Crippen LogP contribution in [0.1, 0.15) is 25.7 Å². The maximum atomic E-state index is 11.0. The van der Waals surface area contributed by atoms with Crippen molar-refractivity contribution in [2.45, 2.75) is 19.9 Å². The molecule has 0 aliphatic rings. The Morgan fingerprint density at radius 3 is 2.85 bits per heavy atom. The van der Waals surface area contributed by atoms with Crippen molar-refractivity contribution < 1.29 is 14.2 Å². The average molecular weight is 278 g/mol. The Morgan fingerprint density at radius 2 is 2.30 bits per heavy atom. The second-order valence-electron chi connectivity index (χ2n) is 4.09.